The molecule has 2 unspecified atom stereocenters. The van der Waals surface area contributed by atoms with Gasteiger partial charge in [0.05, 0.1) is 6.10 Å². The van der Waals surface area contributed by atoms with Gasteiger partial charge in [-0.25, -0.2) is 0 Å². The molecule has 1 aliphatic rings. The zero-order valence-corrected chi connectivity index (χ0v) is 10.8. The number of nitrogens with zero attached hydrogens (tertiary/aromatic N) is 1. The summed E-state index contributed by atoms with van der Waals surface area (Å²) in [6, 6.07) is 0. The van der Waals surface area contributed by atoms with Crippen molar-refractivity contribution in [3.63, 3.8) is 0 Å². The Morgan fingerprint density at radius 1 is 1.33 bits per heavy atom. The third-order valence-electron chi connectivity index (χ3n) is 3.82. The molecule has 2 heteroatoms. The summed E-state index contributed by atoms with van der Waals surface area (Å²) in [6.45, 7) is 9.07. The number of hydrogen-bond acceptors (Lipinski definition) is 2. The summed E-state index contributed by atoms with van der Waals surface area (Å²) in [5.74, 6) is 0.516. The standard InChI is InChI=1S/C13H27NO/c1-5-13(2,3)10-14(4)9-11-7-6-8-12(11)15/h11-12,15H,5-10H2,1-4H3. The molecule has 15 heavy (non-hydrogen) atoms. The highest BCUT2D eigenvalue weighted by Gasteiger charge is 2.27. The van der Waals surface area contributed by atoms with Crippen molar-refractivity contribution in [2.45, 2.75) is 52.6 Å². The average molecular weight is 213 g/mol. The van der Waals surface area contributed by atoms with Gasteiger partial charge in [0.1, 0.15) is 0 Å². The lowest BCUT2D eigenvalue weighted by molar-refractivity contribution is 0.0961. The van der Waals surface area contributed by atoms with Crippen LogP contribution < -0.4 is 0 Å². The van der Waals surface area contributed by atoms with Gasteiger partial charge < -0.3 is 10.0 Å². The first kappa shape index (κ1) is 13.0. The van der Waals surface area contributed by atoms with Crippen molar-refractivity contribution in [1.82, 2.24) is 4.90 Å². The third-order valence-corrected chi connectivity index (χ3v) is 3.82. The molecule has 1 N–H and O–H groups in total. The average Bonchev–Trinajstić information content (AvgIpc) is 2.51. The molecule has 90 valence electrons. The second kappa shape index (κ2) is 5.31. The Morgan fingerprint density at radius 3 is 2.47 bits per heavy atom. The fraction of sp³-hybridized carbons (Fsp3) is 1.00. The molecule has 0 bridgehead atoms. The summed E-state index contributed by atoms with van der Waals surface area (Å²) >= 11 is 0. The van der Waals surface area contributed by atoms with Crippen LogP contribution in [-0.2, 0) is 0 Å². The van der Waals surface area contributed by atoms with Crippen LogP contribution in [0.5, 0.6) is 0 Å². The van der Waals surface area contributed by atoms with E-state index in [4.69, 9.17) is 0 Å². The molecule has 2 atom stereocenters. The first-order chi connectivity index (χ1) is 6.94. The van der Waals surface area contributed by atoms with E-state index in [1.165, 1.54) is 19.3 Å². The minimum absolute atomic E-state index is 0.0443. The number of rotatable bonds is 5. The summed E-state index contributed by atoms with van der Waals surface area (Å²) in [6.07, 6.45) is 4.59. The van der Waals surface area contributed by atoms with E-state index in [2.05, 4.69) is 32.7 Å². The molecule has 1 aliphatic carbocycles. The van der Waals surface area contributed by atoms with Crippen LogP contribution in [0.4, 0.5) is 0 Å². The van der Waals surface area contributed by atoms with Crippen molar-refractivity contribution >= 4 is 0 Å². The van der Waals surface area contributed by atoms with Crippen LogP contribution in [0, 0.1) is 11.3 Å². The first-order valence-corrected chi connectivity index (χ1v) is 6.31. The van der Waals surface area contributed by atoms with Crippen LogP contribution in [0.25, 0.3) is 0 Å². The summed E-state index contributed by atoms with van der Waals surface area (Å²) in [5, 5.41) is 9.77. The zero-order chi connectivity index (χ0) is 11.5. The molecule has 0 saturated heterocycles. The SMILES string of the molecule is CCC(C)(C)CN(C)CC1CCCC1O. The maximum Gasteiger partial charge on any atom is 0.0580 e. The predicted octanol–water partition coefficient (Wildman–Crippen LogP) is 2.52. The molecule has 1 fully saturated rings. The molecule has 2 nitrogen and oxygen atoms in total. The molecule has 0 radical (unpaired) electrons. The lowest BCUT2D eigenvalue weighted by Gasteiger charge is -2.31. The summed E-state index contributed by atoms with van der Waals surface area (Å²) in [4.78, 5) is 2.39. The van der Waals surface area contributed by atoms with Gasteiger partial charge in [-0.1, -0.05) is 27.2 Å². The molecule has 0 heterocycles. The van der Waals surface area contributed by atoms with Gasteiger partial charge >= 0.3 is 0 Å². The van der Waals surface area contributed by atoms with Gasteiger partial charge in [0.2, 0.25) is 0 Å². The molecular formula is C13H27NO. The van der Waals surface area contributed by atoms with Gasteiger partial charge in [0.25, 0.3) is 0 Å². The fourth-order valence-electron chi connectivity index (χ4n) is 2.54. The molecule has 0 spiro atoms. The quantitative estimate of drug-likeness (QED) is 0.758. The Morgan fingerprint density at radius 2 is 2.00 bits per heavy atom. The summed E-state index contributed by atoms with van der Waals surface area (Å²) in [5.41, 5.74) is 0.401. The third kappa shape index (κ3) is 4.12. The van der Waals surface area contributed by atoms with E-state index in [1.54, 1.807) is 0 Å². The highest BCUT2D eigenvalue weighted by atomic mass is 16.3. The predicted molar refractivity (Wildman–Crippen MR) is 64.9 cm³/mol. The lowest BCUT2D eigenvalue weighted by Crippen LogP contribution is -2.36. The van der Waals surface area contributed by atoms with Crippen LogP contribution in [0.15, 0.2) is 0 Å². The van der Waals surface area contributed by atoms with Crippen LogP contribution in [-0.4, -0.2) is 36.2 Å². The Kier molecular flexibility index (Phi) is 4.60. The minimum Gasteiger partial charge on any atom is -0.393 e. The Balaban J connectivity index is 2.32. The maximum atomic E-state index is 9.77. The van der Waals surface area contributed by atoms with E-state index in [1.807, 2.05) is 0 Å². The Labute approximate surface area is 94.7 Å². The first-order valence-electron chi connectivity index (χ1n) is 6.31. The second-order valence-corrected chi connectivity index (χ2v) is 5.97. The van der Waals surface area contributed by atoms with E-state index >= 15 is 0 Å². The Bertz CT molecular complexity index is 191. The monoisotopic (exact) mass is 213 g/mol. The molecule has 0 aromatic carbocycles. The molecule has 0 aromatic heterocycles. The summed E-state index contributed by atoms with van der Waals surface area (Å²) < 4.78 is 0. The highest BCUT2D eigenvalue weighted by Crippen LogP contribution is 2.27. The Hall–Kier alpha value is -0.0800. The van der Waals surface area contributed by atoms with Crippen LogP contribution in [0.2, 0.25) is 0 Å². The largest absolute Gasteiger partial charge is 0.393 e. The van der Waals surface area contributed by atoms with Gasteiger partial charge in [0.15, 0.2) is 0 Å². The van der Waals surface area contributed by atoms with Gasteiger partial charge in [-0.15, -0.1) is 0 Å². The van der Waals surface area contributed by atoms with Crippen LogP contribution in [0.1, 0.15) is 46.5 Å². The second-order valence-electron chi connectivity index (χ2n) is 5.97. The van der Waals surface area contributed by atoms with Crippen molar-refractivity contribution in [3.05, 3.63) is 0 Å². The van der Waals surface area contributed by atoms with Gasteiger partial charge in [-0.05, 0) is 37.6 Å². The summed E-state index contributed by atoms with van der Waals surface area (Å²) in [7, 11) is 2.18. The van der Waals surface area contributed by atoms with Crippen molar-refractivity contribution in [2.24, 2.45) is 11.3 Å². The van der Waals surface area contributed by atoms with Gasteiger partial charge in [-0.2, -0.15) is 0 Å². The number of aliphatic hydroxyl groups is 1. The van der Waals surface area contributed by atoms with Gasteiger partial charge in [0, 0.05) is 13.1 Å². The van der Waals surface area contributed by atoms with Crippen molar-refractivity contribution in [1.29, 1.82) is 0 Å². The zero-order valence-electron chi connectivity index (χ0n) is 10.8. The maximum absolute atomic E-state index is 9.77. The molecule has 0 aromatic rings. The van der Waals surface area contributed by atoms with Crippen molar-refractivity contribution in [3.8, 4) is 0 Å². The van der Waals surface area contributed by atoms with E-state index in [-0.39, 0.29) is 6.10 Å². The van der Waals surface area contributed by atoms with Crippen molar-refractivity contribution < 1.29 is 5.11 Å². The molecular weight excluding hydrogens is 186 g/mol. The lowest BCUT2D eigenvalue weighted by atomic mass is 9.89. The smallest absolute Gasteiger partial charge is 0.0580 e. The minimum atomic E-state index is -0.0443. The van der Waals surface area contributed by atoms with E-state index in [0.717, 1.165) is 19.5 Å². The highest BCUT2D eigenvalue weighted by molar-refractivity contribution is 4.80. The van der Waals surface area contributed by atoms with E-state index < -0.39 is 0 Å². The molecule has 0 amide bonds. The van der Waals surface area contributed by atoms with Crippen molar-refractivity contribution in [2.75, 3.05) is 20.1 Å². The number of aliphatic hydroxyl groups excluding tert-OH is 1. The normalized spacial score (nSPS) is 27.6. The molecule has 1 rings (SSSR count). The fourth-order valence-corrected chi connectivity index (χ4v) is 2.54. The molecule has 0 aliphatic heterocycles. The topological polar surface area (TPSA) is 23.5 Å². The van der Waals surface area contributed by atoms with Gasteiger partial charge in [-0.3, -0.25) is 0 Å². The van der Waals surface area contributed by atoms with E-state index in [9.17, 15) is 5.11 Å². The molecule has 1 saturated carbocycles. The number of hydrogen-bond donors (Lipinski definition) is 1. The van der Waals surface area contributed by atoms with Crippen LogP contribution in [0.3, 0.4) is 0 Å². The van der Waals surface area contributed by atoms with E-state index in [0.29, 0.717) is 11.3 Å². The van der Waals surface area contributed by atoms with Crippen LogP contribution >= 0.6 is 0 Å².